The molecule has 1 fully saturated rings. The van der Waals surface area contributed by atoms with Crippen LogP contribution in [-0.2, 0) is 16.7 Å². The standard InChI is InChI=1S/C22H32N4O2/c1-22(2,3)21-24-14-17(15-25-21)13-23-16-20(26-9-11-28-12-10-26)18-5-7-19(27-4)8-6-18/h5-8,14-15,20,23H,9-13,16H2,1-4H3/t20-/m0/s1. The second-order valence-electron chi connectivity index (χ2n) is 8.23. The van der Waals surface area contributed by atoms with Crippen LogP contribution in [-0.4, -0.2) is 54.8 Å². The highest BCUT2D eigenvalue weighted by atomic mass is 16.5. The smallest absolute Gasteiger partial charge is 0.133 e. The van der Waals surface area contributed by atoms with Crippen molar-refractivity contribution in [2.24, 2.45) is 0 Å². The molecule has 152 valence electrons. The Balaban J connectivity index is 1.64. The lowest BCUT2D eigenvalue weighted by Gasteiger charge is -2.35. The average Bonchev–Trinajstić information content (AvgIpc) is 2.72. The van der Waals surface area contributed by atoms with E-state index in [1.54, 1.807) is 7.11 Å². The van der Waals surface area contributed by atoms with Crippen LogP contribution in [0.1, 0.15) is 43.8 Å². The Morgan fingerprint density at radius 1 is 1.11 bits per heavy atom. The molecule has 0 unspecified atom stereocenters. The number of rotatable bonds is 7. The lowest BCUT2D eigenvalue weighted by Crippen LogP contribution is -2.42. The predicted molar refractivity (Wildman–Crippen MR) is 111 cm³/mol. The van der Waals surface area contributed by atoms with E-state index in [4.69, 9.17) is 9.47 Å². The zero-order valence-corrected chi connectivity index (χ0v) is 17.4. The molecule has 1 aromatic carbocycles. The first-order valence-electron chi connectivity index (χ1n) is 9.95. The molecule has 6 heteroatoms. The third-order valence-electron chi connectivity index (χ3n) is 5.03. The number of methoxy groups -OCH3 is 1. The normalized spacial score (nSPS) is 16.7. The molecule has 1 atom stereocenters. The number of morpholine rings is 1. The molecular weight excluding hydrogens is 352 g/mol. The molecule has 0 aliphatic carbocycles. The minimum atomic E-state index is -0.0260. The topological polar surface area (TPSA) is 59.5 Å². The summed E-state index contributed by atoms with van der Waals surface area (Å²) < 4.78 is 10.8. The van der Waals surface area contributed by atoms with E-state index in [1.807, 2.05) is 24.5 Å². The molecule has 0 amide bonds. The number of hydrogen-bond donors (Lipinski definition) is 1. The number of aromatic nitrogens is 2. The minimum Gasteiger partial charge on any atom is -0.497 e. The molecule has 1 aliphatic rings. The zero-order chi connectivity index (χ0) is 20.0. The fraction of sp³-hybridized carbons (Fsp3) is 0.545. The first kappa shape index (κ1) is 20.7. The van der Waals surface area contributed by atoms with Crippen molar-refractivity contribution < 1.29 is 9.47 Å². The maximum atomic E-state index is 5.54. The van der Waals surface area contributed by atoms with Crippen LogP contribution in [0.2, 0.25) is 0 Å². The van der Waals surface area contributed by atoms with Crippen molar-refractivity contribution in [3.8, 4) is 5.75 Å². The van der Waals surface area contributed by atoms with Gasteiger partial charge in [0.1, 0.15) is 11.6 Å². The van der Waals surface area contributed by atoms with Crippen molar-refractivity contribution in [2.75, 3.05) is 40.0 Å². The average molecular weight is 385 g/mol. The van der Waals surface area contributed by atoms with Gasteiger partial charge in [0.15, 0.2) is 0 Å². The highest BCUT2D eigenvalue weighted by Gasteiger charge is 2.22. The zero-order valence-electron chi connectivity index (χ0n) is 17.4. The van der Waals surface area contributed by atoms with Gasteiger partial charge < -0.3 is 14.8 Å². The summed E-state index contributed by atoms with van der Waals surface area (Å²) in [6.07, 6.45) is 3.86. The Morgan fingerprint density at radius 3 is 2.32 bits per heavy atom. The molecule has 1 N–H and O–H groups in total. The summed E-state index contributed by atoms with van der Waals surface area (Å²) in [6, 6.07) is 8.66. The van der Waals surface area contributed by atoms with Gasteiger partial charge in [0.05, 0.1) is 20.3 Å². The Hall–Kier alpha value is -2.02. The Morgan fingerprint density at radius 2 is 1.75 bits per heavy atom. The highest BCUT2D eigenvalue weighted by molar-refractivity contribution is 5.29. The minimum absolute atomic E-state index is 0.0260. The predicted octanol–water partition coefficient (Wildman–Crippen LogP) is 2.95. The van der Waals surface area contributed by atoms with E-state index in [-0.39, 0.29) is 5.41 Å². The molecule has 6 nitrogen and oxygen atoms in total. The van der Waals surface area contributed by atoms with Gasteiger partial charge in [-0.05, 0) is 17.7 Å². The van der Waals surface area contributed by atoms with E-state index >= 15 is 0 Å². The van der Waals surface area contributed by atoms with Gasteiger partial charge >= 0.3 is 0 Å². The van der Waals surface area contributed by atoms with Gasteiger partial charge in [-0.15, -0.1) is 0 Å². The van der Waals surface area contributed by atoms with E-state index in [2.05, 4.69) is 53.1 Å². The summed E-state index contributed by atoms with van der Waals surface area (Å²) in [6.45, 7) is 11.5. The maximum absolute atomic E-state index is 5.54. The van der Waals surface area contributed by atoms with Crippen molar-refractivity contribution >= 4 is 0 Å². The number of benzene rings is 1. The van der Waals surface area contributed by atoms with Crippen molar-refractivity contribution in [3.63, 3.8) is 0 Å². The van der Waals surface area contributed by atoms with Gasteiger partial charge in [-0.3, -0.25) is 4.90 Å². The van der Waals surface area contributed by atoms with Crippen LogP contribution in [0.4, 0.5) is 0 Å². The van der Waals surface area contributed by atoms with Crippen molar-refractivity contribution in [1.82, 2.24) is 20.2 Å². The van der Waals surface area contributed by atoms with E-state index < -0.39 is 0 Å². The van der Waals surface area contributed by atoms with Crippen LogP contribution >= 0.6 is 0 Å². The SMILES string of the molecule is COc1ccc([C@H](CNCc2cnc(C(C)(C)C)nc2)N2CCOCC2)cc1. The fourth-order valence-corrected chi connectivity index (χ4v) is 3.36. The first-order chi connectivity index (χ1) is 13.5. The van der Waals surface area contributed by atoms with E-state index in [0.717, 1.165) is 56.5 Å². The number of nitrogens with one attached hydrogen (secondary N) is 1. The van der Waals surface area contributed by atoms with Gasteiger partial charge in [-0.25, -0.2) is 9.97 Å². The number of hydrogen-bond acceptors (Lipinski definition) is 6. The molecule has 3 rings (SSSR count). The largest absolute Gasteiger partial charge is 0.497 e. The van der Waals surface area contributed by atoms with Crippen LogP contribution < -0.4 is 10.1 Å². The molecule has 2 aromatic rings. The first-order valence-corrected chi connectivity index (χ1v) is 9.95. The van der Waals surface area contributed by atoms with Gasteiger partial charge in [0, 0.05) is 55.6 Å². The second kappa shape index (κ2) is 9.45. The Bertz CT molecular complexity index is 720. The molecule has 1 saturated heterocycles. The van der Waals surface area contributed by atoms with Crippen molar-refractivity contribution in [1.29, 1.82) is 0 Å². The van der Waals surface area contributed by atoms with Crippen molar-refractivity contribution in [2.45, 2.75) is 38.8 Å². The maximum Gasteiger partial charge on any atom is 0.133 e. The quantitative estimate of drug-likeness (QED) is 0.792. The summed E-state index contributed by atoms with van der Waals surface area (Å²) in [4.78, 5) is 11.5. The molecular formula is C22H32N4O2. The molecule has 0 bridgehead atoms. The summed E-state index contributed by atoms with van der Waals surface area (Å²) in [7, 11) is 1.70. The van der Waals surface area contributed by atoms with Crippen LogP contribution in [0.15, 0.2) is 36.7 Å². The third-order valence-corrected chi connectivity index (χ3v) is 5.03. The summed E-state index contributed by atoms with van der Waals surface area (Å²) in [5.74, 6) is 1.76. The van der Waals surface area contributed by atoms with Crippen LogP contribution in [0.5, 0.6) is 5.75 Å². The molecule has 28 heavy (non-hydrogen) atoms. The summed E-state index contributed by atoms with van der Waals surface area (Å²) in [5.41, 5.74) is 2.36. The molecule has 1 aromatic heterocycles. The van der Waals surface area contributed by atoms with Gasteiger partial charge in [0.25, 0.3) is 0 Å². The fourth-order valence-electron chi connectivity index (χ4n) is 3.36. The third kappa shape index (κ3) is 5.50. The summed E-state index contributed by atoms with van der Waals surface area (Å²) in [5, 5.41) is 3.59. The number of nitrogens with zero attached hydrogens (tertiary/aromatic N) is 3. The number of ether oxygens (including phenoxy) is 2. The Kier molecular flexibility index (Phi) is 6.99. The molecule has 0 radical (unpaired) electrons. The van der Waals surface area contributed by atoms with Crippen LogP contribution in [0, 0.1) is 0 Å². The lowest BCUT2D eigenvalue weighted by atomic mass is 9.96. The molecule has 0 spiro atoms. The monoisotopic (exact) mass is 384 g/mol. The second-order valence-corrected chi connectivity index (χ2v) is 8.23. The van der Waals surface area contributed by atoms with Crippen LogP contribution in [0.3, 0.4) is 0 Å². The van der Waals surface area contributed by atoms with Crippen molar-refractivity contribution in [3.05, 3.63) is 53.6 Å². The summed E-state index contributed by atoms with van der Waals surface area (Å²) >= 11 is 0. The lowest BCUT2D eigenvalue weighted by molar-refractivity contribution is 0.0161. The van der Waals surface area contributed by atoms with Gasteiger partial charge in [0.2, 0.25) is 0 Å². The molecule has 2 heterocycles. The van der Waals surface area contributed by atoms with E-state index in [1.165, 1.54) is 5.56 Å². The van der Waals surface area contributed by atoms with Crippen LogP contribution in [0.25, 0.3) is 0 Å². The van der Waals surface area contributed by atoms with Gasteiger partial charge in [-0.2, -0.15) is 0 Å². The molecule has 1 aliphatic heterocycles. The van der Waals surface area contributed by atoms with E-state index in [0.29, 0.717) is 6.04 Å². The Labute approximate surface area is 168 Å². The highest BCUT2D eigenvalue weighted by Crippen LogP contribution is 2.24. The van der Waals surface area contributed by atoms with E-state index in [9.17, 15) is 0 Å². The van der Waals surface area contributed by atoms with Gasteiger partial charge in [-0.1, -0.05) is 32.9 Å². The molecule has 0 saturated carbocycles.